The van der Waals surface area contributed by atoms with Crippen LogP contribution in [0.25, 0.3) is 0 Å². The average Bonchev–Trinajstić information content (AvgIpc) is 3.06. The second-order valence-corrected chi connectivity index (χ2v) is 5.40. The molecule has 1 aliphatic rings. The number of carbonyl (C=O) groups excluding carboxylic acids is 1. The van der Waals surface area contributed by atoms with Crippen molar-refractivity contribution in [2.75, 3.05) is 20.3 Å². The smallest absolute Gasteiger partial charge is 0.242 e. The summed E-state index contributed by atoms with van der Waals surface area (Å²) in [4.78, 5) is 18.4. The summed E-state index contributed by atoms with van der Waals surface area (Å²) in [5, 5.41) is 4.01. The number of nitrogens with two attached hydrogens (primary N) is 1. The highest BCUT2D eigenvalue weighted by Crippen LogP contribution is 2.31. The van der Waals surface area contributed by atoms with Crippen molar-refractivity contribution in [2.24, 2.45) is 5.73 Å². The number of carbonyl (C=O) groups is 1. The molecule has 1 aromatic rings. The van der Waals surface area contributed by atoms with E-state index >= 15 is 0 Å². The van der Waals surface area contributed by atoms with Gasteiger partial charge in [-0.05, 0) is 12.8 Å². The molecule has 0 saturated carbocycles. The predicted molar refractivity (Wildman–Crippen MR) is 71.9 cm³/mol. The molecule has 1 fully saturated rings. The van der Waals surface area contributed by atoms with Crippen molar-refractivity contribution in [3.05, 3.63) is 11.7 Å². The molecule has 20 heavy (non-hydrogen) atoms. The Morgan fingerprint density at radius 2 is 2.35 bits per heavy atom. The van der Waals surface area contributed by atoms with Crippen LogP contribution in [0, 0.1) is 0 Å². The Kier molecular flexibility index (Phi) is 4.72. The first kappa shape index (κ1) is 14.9. The molecule has 1 amide bonds. The molecule has 0 spiro atoms. The zero-order valence-corrected chi connectivity index (χ0v) is 12.2. The number of likely N-dealkylation sites (tertiary alicyclic amines) is 1. The van der Waals surface area contributed by atoms with Gasteiger partial charge in [-0.25, -0.2) is 0 Å². The Bertz CT molecular complexity index is 460. The lowest BCUT2D eigenvalue weighted by molar-refractivity contribution is -0.134. The number of hydrogen-bond acceptors (Lipinski definition) is 6. The number of rotatable bonds is 5. The Hall–Kier alpha value is -1.47. The van der Waals surface area contributed by atoms with E-state index in [0.29, 0.717) is 18.3 Å². The summed E-state index contributed by atoms with van der Waals surface area (Å²) in [7, 11) is 1.53. The summed E-state index contributed by atoms with van der Waals surface area (Å²) in [5.74, 6) is 1.23. The minimum atomic E-state index is -0.642. The molecule has 2 rings (SSSR count). The van der Waals surface area contributed by atoms with E-state index < -0.39 is 6.04 Å². The fourth-order valence-corrected chi connectivity index (χ4v) is 2.38. The van der Waals surface area contributed by atoms with Gasteiger partial charge in [0.25, 0.3) is 0 Å². The number of hydrogen-bond donors (Lipinski definition) is 1. The fourth-order valence-electron chi connectivity index (χ4n) is 2.38. The second kappa shape index (κ2) is 6.32. The van der Waals surface area contributed by atoms with Crippen LogP contribution in [-0.2, 0) is 9.53 Å². The average molecular weight is 282 g/mol. The molecule has 7 heteroatoms. The third-order valence-corrected chi connectivity index (χ3v) is 3.45. The lowest BCUT2D eigenvalue weighted by atomic mass is 10.2. The summed E-state index contributed by atoms with van der Waals surface area (Å²) in [6.45, 7) is 4.87. The summed E-state index contributed by atoms with van der Waals surface area (Å²) in [6, 6.07) is -0.779. The van der Waals surface area contributed by atoms with Gasteiger partial charge in [0.1, 0.15) is 6.04 Å². The fraction of sp³-hybridized carbons (Fsp3) is 0.769. The maximum absolute atomic E-state index is 12.3. The number of methoxy groups -OCH3 is 1. The van der Waals surface area contributed by atoms with Crippen LogP contribution in [0.1, 0.15) is 50.4 Å². The van der Waals surface area contributed by atoms with E-state index in [9.17, 15) is 4.79 Å². The Balaban J connectivity index is 2.12. The molecule has 2 unspecified atom stereocenters. The van der Waals surface area contributed by atoms with E-state index in [0.717, 1.165) is 12.8 Å². The van der Waals surface area contributed by atoms with Crippen LogP contribution >= 0.6 is 0 Å². The van der Waals surface area contributed by atoms with Gasteiger partial charge in [0, 0.05) is 19.6 Å². The molecule has 0 radical (unpaired) electrons. The summed E-state index contributed by atoms with van der Waals surface area (Å²) < 4.78 is 10.2. The zero-order chi connectivity index (χ0) is 14.7. The van der Waals surface area contributed by atoms with Crippen LogP contribution < -0.4 is 5.73 Å². The predicted octanol–water partition coefficient (Wildman–Crippen LogP) is 0.830. The summed E-state index contributed by atoms with van der Waals surface area (Å²) >= 11 is 0. The lowest BCUT2D eigenvalue weighted by Gasteiger charge is -2.25. The van der Waals surface area contributed by atoms with Crippen LogP contribution in [0.3, 0.4) is 0 Å². The minimum Gasteiger partial charge on any atom is -0.383 e. The van der Waals surface area contributed by atoms with Gasteiger partial charge < -0.3 is 19.9 Å². The zero-order valence-electron chi connectivity index (χ0n) is 12.2. The van der Waals surface area contributed by atoms with Gasteiger partial charge in [-0.3, -0.25) is 4.79 Å². The molecule has 7 nitrogen and oxygen atoms in total. The van der Waals surface area contributed by atoms with E-state index in [-0.39, 0.29) is 24.5 Å². The molecule has 2 heterocycles. The number of ether oxygens (including phenoxy) is 1. The van der Waals surface area contributed by atoms with E-state index in [4.69, 9.17) is 15.0 Å². The molecule has 1 aromatic heterocycles. The molecule has 112 valence electrons. The third kappa shape index (κ3) is 2.99. The third-order valence-electron chi connectivity index (χ3n) is 3.45. The molecule has 2 N–H and O–H groups in total. The second-order valence-electron chi connectivity index (χ2n) is 5.40. The van der Waals surface area contributed by atoms with Crippen molar-refractivity contribution >= 4 is 5.91 Å². The molecular weight excluding hydrogens is 260 g/mol. The molecule has 1 saturated heterocycles. The highest BCUT2D eigenvalue weighted by atomic mass is 16.5. The largest absolute Gasteiger partial charge is 0.383 e. The van der Waals surface area contributed by atoms with Gasteiger partial charge in [0.15, 0.2) is 5.82 Å². The molecular formula is C13H22N4O3. The molecule has 0 aliphatic carbocycles. The van der Waals surface area contributed by atoms with Crippen molar-refractivity contribution in [3.63, 3.8) is 0 Å². The van der Waals surface area contributed by atoms with Crippen LogP contribution in [0.2, 0.25) is 0 Å². The van der Waals surface area contributed by atoms with Crippen molar-refractivity contribution in [2.45, 2.75) is 44.7 Å². The Morgan fingerprint density at radius 3 is 2.95 bits per heavy atom. The summed E-state index contributed by atoms with van der Waals surface area (Å²) in [6.07, 6.45) is 1.75. The normalized spacial score (nSPS) is 20.6. The number of nitrogens with zero attached hydrogens (tertiary/aromatic N) is 3. The lowest BCUT2D eigenvalue weighted by Crippen LogP contribution is -2.45. The quantitative estimate of drug-likeness (QED) is 0.859. The maximum atomic E-state index is 12.3. The van der Waals surface area contributed by atoms with Gasteiger partial charge in [-0.15, -0.1) is 0 Å². The van der Waals surface area contributed by atoms with Crippen molar-refractivity contribution < 1.29 is 14.1 Å². The molecule has 0 aromatic carbocycles. The van der Waals surface area contributed by atoms with Crippen molar-refractivity contribution in [3.8, 4) is 0 Å². The summed E-state index contributed by atoms with van der Waals surface area (Å²) in [5.41, 5.74) is 5.82. The van der Waals surface area contributed by atoms with E-state index in [1.807, 2.05) is 13.8 Å². The molecule has 2 atom stereocenters. The van der Waals surface area contributed by atoms with Crippen molar-refractivity contribution in [1.29, 1.82) is 0 Å². The van der Waals surface area contributed by atoms with E-state index in [1.165, 1.54) is 7.11 Å². The Labute approximate surface area is 118 Å². The van der Waals surface area contributed by atoms with Gasteiger partial charge >= 0.3 is 0 Å². The van der Waals surface area contributed by atoms with Crippen molar-refractivity contribution in [1.82, 2.24) is 15.0 Å². The maximum Gasteiger partial charge on any atom is 0.242 e. The van der Waals surface area contributed by atoms with Crippen LogP contribution in [-0.4, -0.2) is 47.3 Å². The SMILES string of the molecule is COCC(N)C(=O)N1CCCC1c1noc(C(C)C)n1. The van der Waals surface area contributed by atoms with Gasteiger partial charge in [-0.1, -0.05) is 19.0 Å². The van der Waals surface area contributed by atoms with Crippen LogP contribution in [0.15, 0.2) is 4.52 Å². The van der Waals surface area contributed by atoms with E-state index in [1.54, 1.807) is 4.90 Å². The first-order valence-corrected chi connectivity index (χ1v) is 6.93. The minimum absolute atomic E-state index is 0.120. The van der Waals surface area contributed by atoms with Gasteiger partial charge in [-0.2, -0.15) is 4.98 Å². The topological polar surface area (TPSA) is 94.5 Å². The highest BCUT2D eigenvalue weighted by Gasteiger charge is 2.35. The van der Waals surface area contributed by atoms with Crippen LogP contribution in [0.5, 0.6) is 0 Å². The first-order valence-electron chi connectivity index (χ1n) is 6.93. The standard InChI is InChI=1S/C13H22N4O3/c1-8(2)12-15-11(16-20-12)10-5-4-6-17(10)13(18)9(14)7-19-3/h8-10H,4-7,14H2,1-3H3. The van der Waals surface area contributed by atoms with Gasteiger partial charge in [0.2, 0.25) is 11.8 Å². The monoisotopic (exact) mass is 282 g/mol. The first-order chi connectivity index (χ1) is 9.54. The van der Waals surface area contributed by atoms with Gasteiger partial charge in [0.05, 0.1) is 12.6 Å². The van der Waals surface area contributed by atoms with Crippen LogP contribution in [0.4, 0.5) is 0 Å². The molecule has 0 bridgehead atoms. The molecule has 1 aliphatic heterocycles. The number of aromatic nitrogens is 2. The highest BCUT2D eigenvalue weighted by molar-refractivity contribution is 5.82. The Morgan fingerprint density at radius 1 is 1.60 bits per heavy atom. The van der Waals surface area contributed by atoms with E-state index in [2.05, 4.69) is 10.1 Å². The number of amides is 1.